The van der Waals surface area contributed by atoms with Crippen LogP contribution in [-0.2, 0) is 24.9 Å². The molecule has 3 aromatic carbocycles. The molecule has 0 aliphatic rings. The number of fused-ring (bicyclic) bond motifs is 1. The number of nitrogens with zero attached hydrogens (tertiary/aromatic N) is 1. The number of aliphatic hydroxyl groups excluding tert-OH is 1. The minimum Gasteiger partial charge on any atom is -0.512 e. The summed E-state index contributed by atoms with van der Waals surface area (Å²) < 4.78 is 6.18. The zero-order valence-corrected chi connectivity index (χ0v) is 24.3. The topological polar surface area (TPSA) is 63.3 Å². The third-order valence-corrected chi connectivity index (χ3v) is 5.86. The SMILES string of the molecule is CC(=O)/C=C(/C)O.CC(C)c1ccc(-c2cc3cnc(-c4[c-]ccc(-c5ccccc5)c4)cc3o2)cc1.[Ir]. The fraction of sp³-hybridized carbons (Fsp3) is 0.152. The van der Waals surface area contributed by atoms with Crippen LogP contribution in [0, 0.1) is 6.07 Å². The molecule has 1 radical (unpaired) electrons. The van der Waals surface area contributed by atoms with Crippen molar-refractivity contribution in [1.82, 2.24) is 4.98 Å². The number of rotatable bonds is 5. The van der Waals surface area contributed by atoms with Gasteiger partial charge < -0.3 is 14.5 Å². The Labute approximate surface area is 237 Å². The molecule has 0 amide bonds. The zero-order chi connectivity index (χ0) is 26.4. The number of hydrogen-bond acceptors (Lipinski definition) is 4. The van der Waals surface area contributed by atoms with Gasteiger partial charge in [0.25, 0.3) is 0 Å². The van der Waals surface area contributed by atoms with Crippen LogP contribution >= 0.6 is 0 Å². The Kier molecular flexibility index (Phi) is 9.95. The van der Waals surface area contributed by atoms with Crippen molar-refractivity contribution in [3.63, 3.8) is 0 Å². The van der Waals surface area contributed by atoms with Crippen LogP contribution in [0.2, 0.25) is 0 Å². The van der Waals surface area contributed by atoms with Gasteiger partial charge in [0.2, 0.25) is 0 Å². The van der Waals surface area contributed by atoms with Crippen LogP contribution in [0.5, 0.6) is 0 Å². The van der Waals surface area contributed by atoms with Gasteiger partial charge in [-0.1, -0.05) is 68.4 Å². The van der Waals surface area contributed by atoms with Gasteiger partial charge in [-0.15, -0.1) is 35.4 Å². The molecule has 1 N–H and O–H groups in total. The molecule has 0 unspecified atom stereocenters. The minimum atomic E-state index is -0.125. The Hall–Kier alpha value is -3.79. The van der Waals surface area contributed by atoms with E-state index in [9.17, 15) is 4.79 Å². The van der Waals surface area contributed by atoms with E-state index in [1.54, 1.807) is 0 Å². The predicted octanol–water partition coefficient (Wildman–Crippen LogP) is 8.79. The maximum atomic E-state index is 10.0. The Balaban J connectivity index is 0.000000444. The van der Waals surface area contributed by atoms with Gasteiger partial charge >= 0.3 is 0 Å². The van der Waals surface area contributed by atoms with Crippen LogP contribution < -0.4 is 0 Å². The summed E-state index contributed by atoms with van der Waals surface area (Å²) in [5.41, 5.74) is 7.38. The van der Waals surface area contributed by atoms with Crippen LogP contribution in [0.1, 0.15) is 39.2 Å². The molecule has 0 saturated carbocycles. The maximum Gasteiger partial charge on any atom is 0.155 e. The average molecular weight is 681 g/mol. The van der Waals surface area contributed by atoms with E-state index in [0.717, 1.165) is 39.1 Å². The molecule has 0 aliphatic carbocycles. The molecule has 5 aromatic rings. The van der Waals surface area contributed by atoms with E-state index in [1.165, 1.54) is 31.1 Å². The molecule has 0 aliphatic heterocycles. The molecule has 0 saturated heterocycles. The number of aromatic nitrogens is 1. The van der Waals surface area contributed by atoms with Gasteiger partial charge in [-0.05, 0) is 48.7 Å². The standard InChI is InChI=1S/C28H22NO.C5H8O2.Ir/c1-19(2)20-11-13-22(14-12-20)27-16-25-18-29-26(17-28(25)30-27)24-10-6-9-23(15-24)21-7-4-3-5-8-21;1-4(6)3-5(2)7;/h3-9,11-19H,1-2H3;3,6H,1-2H3;/q-1;;/b;4-3-;. The number of allylic oxidation sites excluding steroid dienone is 2. The Bertz CT molecular complexity index is 1530. The van der Waals surface area contributed by atoms with Crippen molar-refractivity contribution in [2.24, 2.45) is 0 Å². The van der Waals surface area contributed by atoms with Gasteiger partial charge in [0, 0.05) is 43.3 Å². The number of pyridine rings is 1. The molecule has 4 nitrogen and oxygen atoms in total. The maximum absolute atomic E-state index is 10.0. The second-order valence-electron chi connectivity index (χ2n) is 9.25. The fourth-order valence-electron chi connectivity index (χ4n) is 3.97. The molecule has 5 heteroatoms. The van der Waals surface area contributed by atoms with Gasteiger partial charge in [-0.3, -0.25) is 4.79 Å². The number of hydrogen-bond donors (Lipinski definition) is 1. The van der Waals surface area contributed by atoms with Crippen molar-refractivity contribution >= 4 is 16.8 Å². The van der Waals surface area contributed by atoms with E-state index in [1.807, 2.05) is 36.5 Å². The first kappa shape index (κ1) is 28.8. The van der Waals surface area contributed by atoms with E-state index in [4.69, 9.17) is 9.52 Å². The first-order chi connectivity index (χ1) is 17.8. The summed E-state index contributed by atoms with van der Waals surface area (Å²) in [6, 6.07) is 32.4. The van der Waals surface area contributed by atoms with Crippen molar-refractivity contribution in [3.8, 4) is 33.7 Å². The zero-order valence-electron chi connectivity index (χ0n) is 21.9. The number of benzene rings is 3. The molecule has 195 valence electrons. The Morgan fingerprint density at radius 2 is 1.63 bits per heavy atom. The smallest absolute Gasteiger partial charge is 0.155 e. The van der Waals surface area contributed by atoms with Crippen molar-refractivity contribution in [2.45, 2.75) is 33.6 Å². The summed E-state index contributed by atoms with van der Waals surface area (Å²) in [6.45, 7) is 7.25. The number of carbonyl (C=O) groups excluding carboxylic acids is 1. The molecule has 0 atom stereocenters. The van der Waals surface area contributed by atoms with Crippen LogP contribution in [0.4, 0.5) is 0 Å². The van der Waals surface area contributed by atoms with Gasteiger partial charge in [0.1, 0.15) is 11.3 Å². The van der Waals surface area contributed by atoms with E-state index < -0.39 is 0 Å². The summed E-state index contributed by atoms with van der Waals surface area (Å²) in [4.78, 5) is 14.7. The molecular formula is C33H30IrNO3-. The molecule has 0 spiro atoms. The van der Waals surface area contributed by atoms with Gasteiger partial charge in [-0.25, -0.2) is 0 Å². The third-order valence-electron chi connectivity index (χ3n) is 5.86. The Morgan fingerprint density at radius 3 is 2.24 bits per heavy atom. The molecule has 2 heterocycles. The second kappa shape index (κ2) is 13.1. The van der Waals surface area contributed by atoms with Gasteiger partial charge in [0.15, 0.2) is 5.78 Å². The number of aliphatic hydroxyl groups is 1. The molecule has 0 fully saturated rings. The van der Waals surface area contributed by atoms with Crippen molar-refractivity contribution in [2.75, 3.05) is 0 Å². The summed E-state index contributed by atoms with van der Waals surface area (Å²) in [7, 11) is 0. The number of furan rings is 1. The monoisotopic (exact) mass is 681 g/mol. The summed E-state index contributed by atoms with van der Waals surface area (Å²) in [5, 5.41) is 9.36. The summed E-state index contributed by atoms with van der Waals surface area (Å²) in [6.07, 6.45) is 3.04. The first-order valence-electron chi connectivity index (χ1n) is 12.3. The van der Waals surface area contributed by atoms with E-state index in [2.05, 4.69) is 79.5 Å². The average Bonchev–Trinajstić information content (AvgIpc) is 3.32. The first-order valence-corrected chi connectivity index (χ1v) is 12.3. The van der Waals surface area contributed by atoms with Crippen molar-refractivity contribution in [3.05, 3.63) is 115 Å². The quantitative estimate of drug-likeness (QED) is 0.115. The largest absolute Gasteiger partial charge is 0.512 e. The van der Waals surface area contributed by atoms with Crippen LogP contribution in [-0.4, -0.2) is 15.9 Å². The van der Waals surface area contributed by atoms with Crippen LogP contribution in [0.25, 0.3) is 44.7 Å². The normalized spacial score (nSPS) is 11.0. The molecule has 2 aromatic heterocycles. The molecule has 38 heavy (non-hydrogen) atoms. The van der Waals surface area contributed by atoms with E-state index in [-0.39, 0.29) is 31.6 Å². The number of ketones is 1. The summed E-state index contributed by atoms with van der Waals surface area (Å²) in [5.74, 6) is 1.32. The Morgan fingerprint density at radius 1 is 0.921 bits per heavy atom. The fourth-order valence-corrected chi connectivity index (χ4v) is 3.97. The third kappa shape index (κ3) is 7.38. The van der Waals surface area contributed by atoms with Crippen molar-refractivity contribution in [1.29, 1.82) is 0 Å². The molecular weight excluding hydrogens is 651 g/mol. The summed E-state index contributed by atoms with van der Waals surface area (Å²) >= 11 is 0. The predicted molar refractivity (Wildman–Crippen MR) is 150 cm³/mol. The van der Waals surface area contributed by atoms with E-state index >= 15 is 0 Å². The van der Waals surface area contributed by atoms with Gasteiger partial charge in [-0.2, -0.15) is 0 Å². The minimum absolute atomic E-state index is 0. The molecule has 5 rings (SSSR count). The number of carbonyl (C=O) groups is 1. The van der Waals surface area contributed by atoms with Gasteiger partial charge in [0.05, 0.1) is 5.76 Å². The van der Waals surface area contributed by atoms with E-state index in [0.29, 0.717) is 5.92 Å². The van der Waals surface area contributed by atoms with Crippen LogP contribution in [0.3, 0.4) is 0 Å². The van der Waals surface area contributed by atoms with Crippen molar-refractivity contribution < 1.29 is 34.4 Å². The van der Waals surface area contributed by atoms with Crippen LogP contribution in [0.15, 0.2) is 107 Å². The molecule has 0 bridgehead atoms. The second-order valence-corrected chi connectivity index (χ2v) is 9.25.